The highest BCUT2D eigenvalue weighted by molar-refractivity contribution is 5.87. The van der Waals surface area contributed by atoms with Gasteiger partial charge in [0.2, 0.25) is 11.8 Å². The van der Waals surface area contributed by atoms with Crippen molar-refractivity contribution in [1.29, 1.82) is 0 Å². The summed E-state index contributed by atoms with van der Waals surface area (Å²) < 4.78 is 0. The number of nitrogens with one attached hydrogen (secondary N) is 3. The van der Waals surface area contributed by atoms with Crippen LogP contribution >= 0.6 is 0 Å². The van der Waals surface area contributed by atoms with Crippen LogP contribution < -0.4 is 16.0 Å². The summed E-state index contributed by atoms with van der Waals surface area (Å²) in [6.07, 6.45) is 0. The lowest BCUT2D eigenvalue weighted by molar-refractivity contribution is -0.129. The van der Waals surface area contributed by atoms with Gasteiger partial charge in [-0.2, -0.15) is 0 Å². The molecule has 0 aliphatic carbocycles. The van der Waals surface area contributed by atoms with Gasteiger partial charge in [0.15, 0.2) is 0 Å². The minimum atomic E-state index is -0.180. The molecule has 0 spiro atoms. The Kier molecular flexibility index (Phi) is 5.21. The van der Waals surface area contributed by atoms with E-state index in [0.29, 0.717) is 0 Å². The van der Waals surface area contributed by atoms with E-state index in [2.05, 4.69) is 20.9 Å². The second kappa shape index (κ2) is 6.44. The monoisotopic (exact) mass is 228 g/mol. The molecule has 1 saturated heterocycles. The van der Waals surface area contributed by atoms with E-state index in [4.69, 9.17) is 0 Å². The van der Waals surface area contributed by atoms with Gasteiger partial charge in [-0.1, -0.05) is 0 Å². The quantitative estimate of drug-likeness (QED) is 0.528. The summed E-state index contributed by atoms with van der Waals surface area (Å²) in [6.45, 7) is 5.47. The highest BCUT2D eigenvalue weighted by Gasteiger charge is 2.22. The Morgan fingerprint density at radius 3 is 2.56 bits per heavy atom. The molecule has 1 aliphatic heterocycles. The van der Waals surface area contributed by atoms with Gasteiger partial charge in [0.25, 0.3) is 0 Å². The zero-order chi connectivity index (χ0) is 12.0. The van der Waals surface area contributed by atoms with E-state index in [-0.39, 0.29) is 24.4 Å². The molecule has 2 amide bonds. The predicted molar refractivity (Wildman–Crippen MR) is 61.0 cm³/mol. The van der Waals surface area contributed by atoms with Crippen LogP contribution in [-0.4, -0.2) is 62.5 Å². The van der Waals surface area contributed by atoms with Crippen molar-refractivity contribution in [2.24, 2.45) is 0 Å². The minimum absolute atomic E-state index is 0.0474. The molecule has 1 heterocycles. The smallest absolute Gasteiger partial charge is 0.239 e. The molecule has 0 saturated carbocycles. The maximum Gasteiger partial charge on any atom is 0.239 e. The molecule has 6 heteroatoms. The third-order valence-corrected chi connectivity index (χ3v) is 2.78. The van der Waals surface area contributed by atoms with Gasteiger partial charge in [-0.25, -0.2) is 0 Å². The molecule has 1 aliphatic rings. The first-order valence-corrected chi connectivity index (χ1v) is 5.58. The van der Waals surface area contributed by atoms with Crippen LogP contribution in [0.15, 0.2) is 0 Å². The van der Waals surface area contributed by atoms with Crippen LogP contribution in [0.25, 0.3) is 0 Å². The summed E-state index contributed by atoms with van der Waals surface area (Å²) in [5.41, 5.74) is 0. The van der Waals surface area contributed by atoms with E-state index in [0.717, 1.165) is 26.2 Å². The Balaban J connectivity index is 2.31. The van der Waals surface area contributed by atoms with Gasteiger partial charge in [0.1, 0.15) is 0 Å². The Morgan fingerprint density at radius 2 is 2.00 bits per heavy atom. The predicted octanol–water partition coefficient (Wildman–Crippen LogP) is -1.86. The van der Waals surface area contributed by atoms with Gasteiger partial charge in [0.05, 0.1) is 12.6 Å². The van der Waals surface area contributed by atoms with E-state index in [1.54, 1.807) is 7.05 Å². The number of hydrogen-bond acceptors (Lipinski definition) is 4. The largest absolute Gasteiger partial charge is 0.358 e. The molecular weight excluding hydrogens is 208 g/mol. The fraction of sp³-hybridized carbons (Fsp3) is 0.800. The lowest BCUT2D eigenvalue weighted by Gasteiger charge is -2.31. The van der Waals surface area contributed by atoms with Gasteiger partial charge < -0.3 is 16.0 Å². The Bertz CT molecular complexity index is 251. The molecule has 1 unspecified atom stereocenters. The van der Waals surface area contributed by atoms with E-state index in [1.807, 2.05) is 6.92 Å². The van der Waals surface area contributed by atoms with E-state index < -0.39 is 0 Å². The normalized spacial score (nSPS) is 18.9. The summed E-state index contributed by atoms with van der Waals surface area (Å²) in [6, 6.07) is -0.174. The minimum Gasteiger partial charge on any atom is -0.358 e. The van der Waals surface area contributed by atoms with Gasteiger partial charge in [-0.05, 0) is 6.92 Å². The molecule has 16 heavy (non-hydrogen) atoms. The molecule has 0 aromatic heterocycles. The van der Waals surface area contributed by atoms with Crippen LogP contribution in [0.4, 0.5) is 0 Å². The van der Waals surface area contributed by atoms with Crippen LogP contribution in [0.5, 0.6) is 0 Å². The number of carbonyl (C=O) groups excluding carboxylic acids is 2. The lowest BCUT2D eigenvalue weighted by atomic mass is 10.2. The average molecular weight is 228 g/mol. The maximum atomic E-state index is 11.7. The van der Waals surface area contributed by atoms with Crippen molar-refractivity contribution in [3.05, 3.63) is 0 Å². The number of amides is 2. The van der Waals surface area contributed by atoms with E-state index in [1.165, 1.54) is 0 Å². The number of likely N-dealkylation sites (N-methyl/N-ethyl adjacent to an activating group) is 1. The van der Waals surface area contributed by atoms with Gasteiger partial charge in [-0.3, -0.25) is 14.5 Å². The zero-order valence-corrected chi connectivity index (χ0v) is 9.88. The molecule has 1 atom stereocenters. The molecule has 92 valence electrons. The Morgan fingerprint density at radius 1 is 1.38 bits per heavy atom. The van der Waals surface area contributed by atoms with Crippen molar-refractivity contribution in [3.8, 4) is 0 Å². The van der Waals surface area contributed by atoms with Gasteiger partial charge >= 0.3 is 0 Å². The molecular formula is C10H20N4O2. The fourth-order valence-electron chi connectivity index (χ4n) is 1.64. The Hall–Kier alpha value is -1.14. The van der Waals surface area contributed by atoms with Crippen LogP contribution in [0.1, 0.15) is 6.92 Å². The molecule has 0 aromatic rings. The second-order valence-electron chi connectivity index (χ2n) is 3.85. The fourth-order valence-corrected chi connectivity index (χ4v) is 1.64. The topological polar surface area (TPSA) is 73.5 Å². The Labute approximate surface area is 95.8 Å². The number of rotatable bonds is 4. The molecule has 1 rings (SSSR count). The number of nitrogens with zero attached hydrogens (tertiary/aromatic N) is 1. The molecule has 3 N–H and O–H groups in total. The van der Waals surface area contributed by atoms with Crippen LogP contribution in [-0.2, 0) is 9.59 Å². The second-order valence-corrected chi connectivity index (χ2v) is 3.85. The first-order chi connectivity index (χ1) is 7.65. The molecule has 1 fully saturated rings. The highest BCUT2D eigenvalue weighted by atomic mass is 16.2. The number of hydrogen-bond donors (Lipinski definition) is 3. The van der Waals surface area contributed by atoms with Crippen molar-refractivity contribution < 1.29 is 9.59 Å². The van der Waals surface area contributed by atoms with E-state index in [9.17, 15) is 9.59 Å². The summed E-state index contributed by atoms with van der Waals surface area (Å²) in [5.74, 6) is -0.272. The van der Waals surface area contributed by atoms with Gasteiger partial charge in [-0.15, -0.1) is 0 Å². The van der Waals surface area contributed by atoms with Crippen LogP contribution in [0.3, 0.4) is 0 Å². The molecule has 0 radical (unpaired) electrons. The summed E-state index contributed by atoms with van der Waals surface area (Å²) in [7, 11) is 1.55. The summed E-state index contributed by atoms with van der Waals surface area (Å²) in [5, 5.41) is 8.31. The standard InChI is InChI=1S/C10H20N4O2/c1-8(14-5-3-12-4-6-14)10(16)13-7-9(15)11-2/h8,12H,3-7H2,1-2H3,(H,11,15)(H,13,16). The van der Waals surface area contributed by atoms with E-state index >= 15 is 0 Å². The van der Waals surface area contributed by atoms with Crippen molar-refractivity contribution in [1.82, 2.24) is 20.9 Å². The summed E-state index contributed by atoms with van der Waals surface area (Å²) in [4.78, 5) is 24.8. The average Bonchev–Trinajstić information content (AvgIpc) is 2.35. The van der Waals surface area contributed by atoms with Gasteiger partial charge in [0, 0.05) is 33.2 Å². The highest BCUT2D eigenvalue weighted by Crippen LogP contribution is 2.00. The molecule has 6 nitrogen and oxygen atoms in total. The lowest BCUT2D eigenvalue weighted by Crippen LogP contribution is -2.53. The third kappa shape index (κ3) is 3.79. The molecule has 0 aromatic carbocycles. The first-order valence-electron chi connectivity index (χ1n) is 5.58. The summed E-state index contributed by atoms with van der Waals surface area (Å²) >= 11 is 0. The van der Waals surface area contributed by atoms with Crippen LogP contribution in [0, 0.1) is 0 Å². The van der Waals surface area contributed by atoms with Crippen molar-refractivity contribution >= 4 is 11.8 Å². The zero-order valence-electron chi connectivity index (χ0n) is 9.88. The van der Waals surface area contributed by atoms with Crippen LogP contribution in [0.2, 0.25) is 0 Å². The van der Waals surface area contributed by atoms with Crippen molar-refractivity contribution in [3.63, 3.8) is 0 Å². The maximum absolute atomic E-state index is 11.7. The molecule has 0 bridgehead atoms. The third-order valence-electron chi connectivity index (χ3n) is 2.78. The SMILES string of the molecule is CNC(=O)CNC(=O)C(C)N1CCNCC1. The van der Waals surface area contributed by atoms with Crippen molar-refractivity contribution in [2.75, 3.05) is 39.8 Å². The number of carbonyl (C=O) groups is 2. The first kappa shape index (κ1) is 12.9. The van der Waals surface area contributed by atoms with Crippen molar-refractivity contribution in [2.45, 2.75) is 13.0 Å². The number of piperazine rings is 1.